The van der Waals surface area contributed by atoms with E-state index >= 15 is 0 Å². The van der Waals surface area contributed by atoms with Gasteiger partial charge in [-0.1, -0.05) is 23.7 Å². The number of aliphatic hydroxyl groups excluding tert-OH is 1. The fraction of sp³-hybridized carbons (Fsp3) is 0.333. The molecule has 1 atom stereocenters. The molecule has 0 aliphatic rings. The van der Waals surface area contributed by atoms with E-state index in [1.54, 1.807) is 35.1 Å². The van der Waals surface area contributed by atoms with Crippen LogP contribution in [0.4, 0.5) is 4.79 Å². The molecule has 0 radical (unpaired) electrons. The average Bonchev–Trinajstić information content (AvgIpc) is 2.91. The van der Waals surface area contributed by atoms with Gasteiger partial charge in [0, 0.05) is 31.4 Å². The monoisotopic (exact) mass is 322 g/mol. The number of nitrogens with one attached hydrogen (secondary N) is 2. The summed E-state index contributed by atoms with van der Waals surface area (Å²) < 4.78 is 1.72. The maximum absolute atomic E-state index is 11.7. The smallest absolute Gasteiger partial charge is 0.314 e. The minimum atomic E-state index is -0.763. The summed E-state index contributed by atoms with van der Waals surface area (Å²) in [6.07, 6.45) is 3.62. The lowest BCUT2D eigenvalue weighted by molar-refractivity contribution is 0.173. The van der Waals surface area contributed by atoms with Gasteiger partial charge < -0.3 is 15.7 Å². The molecule has 1 aromatic heterocycles. The number of amides is 2. The van der Waals surface area contributed by atoms with Gasteiger partial charge in [0.2, 0.25) is 0 Å². The number of rotatable bonds is 6. The Bertz CT molecular complexity index is 612. The fourth-order valence-electron chi connectivity index (χ4n) is 1.98. The summed E-state index contributed by atoms with van der Waals surface area (Å²) in [5.74, 6) is 0. The Balaban J connectivity index is 1.67. The Labute approximate surface area is 134 Å². The third-order valence-corrected chi connectivity index (χ3v) is 3.42. The van der Waals surface area contributed by atoms with E-state index < -0.39 is 6.10 Å². The Hall–Kier alpha value is -2.05. The summed E-state index contributed by atoms with van der Waals surface area (Å²) >= 11 is 5.79. The molecular formula is C15H19ClN4O2. The van der Waals surface area contributed by atoms with Crippen LogP contribution in [0.1, 0.15) is 17.2 Å². The molecule has 3 N–H and O–H groups in total. The van der Waals surface area contributed by atoms with Crippen LogP contribution in [0.15, 0.2) is 36.7 Å². The quantitative estimate of drug-likeness (QED) is 0.756. The van der Waals surface area contributed by atoms with E-state index in [4.69, 9.17) is 11.6 Å². The van der Waals surface area contributed by atoms with Crippen LogP contribution < -0.4 is 10.6 Å². The number of halogens is 1. The minimum absolute atomic E-state index is 0.139. The first kappa shape index (κ1) is 16.3. The lowest BCUT2D eigenvalue weighted by Gasteiger charge is -2.13. The third kappa shape index (κ3) is 5.05. The van der Waals surface area contributed by atoms with Crippen LogP contribution in [0.5, 0.6) is 0 Å². The number of hydrogen-bond acceptors (Lipinski definition) is 3. The van der Waals surface area contributed by atoms with E-state index in [9.17, 15) is 9.90 Å². The molecule has 6 nitrogen and oxygen atoms in total. The molecule has 1 aromatic carbocycles. The van der Waals surface area contributed by atoms with Crippen molar-refractivity contribution in [2.24, 2.45) is 7.05 Å². The van der Waals surface area contributed by atoms with Crippen LogP contribution in [0.25, 0.3) is 0 Å². The van der Waals surface area contributed by atoms with Crippen LogP contribution in [-0.4, -0.2) is 34.0 Å². The Morgan fingerprint density at radius 1 is 1.36 bits per heavy atom. The van der Waals surface area contributed by atoms with Crippen molar-refractivity contribution in [2.45, 2.75) is 12.5 Å². The summed E-state index contributed by atoms with van der Waals surface area (Å²) in [5.41, 5.74) is 1.77. The second-order valence-corrected chi connectivity index (χ2v) is 5.41. The molecule has 0 saturated heterocycles. The summed E-state index contributed by atoms with van der Waals surface area (Å²) in [5, 5.41) is 20.0. The topological polar surface area (TPSA) is 79.2 Å². The zero-order valence-electron chi connectivity index (χ0n) is 12.3. The highest BCUT2D eigenvalue weighted by molar-refractivity contribution is 6.30. The fourth-order valence-corrected chi connectivity index (χ4v) is 2.10. The molecule has 2 aromatic rings. The van der Waals surface area contributed by atoms with E-state index in [0.29, 0.717) is 23.6 Å². The van der Waals surface area contributed by atoms with Gasteiger partial charge in [0.25, 0.3) is 0 Å². The van der Waals surface area contributed by atoms with E-state index in [2.05, 4.69) is 15.7 Å². The number of aromatic nitrogens is 2. The van der Waals surface area contributed by atoms with E-state index in [1.165, 1.54) is 0 Å². The van der Waals surface area contributed by atoms with Gasteiger partial charge >= 0.3 is 6.03 Å². The van der Waals surface area contributed by atoms with Crippen molar-refractivity contribution in [1.29, 1.82) is 0 Å². The summed E-state index contributed by atoms with van der Waals surface area (Å²) in [7, 11) is 1.85. The van der Waals surface area contributed by atoms with Gasteiger partial charge in [-0.05, 0) is 29.7 Å². The van der Waals surface area contributed by atoms with Crippen molar-refractivity contribution in [3.8, 4) is 0 Å². The summed E-state index contributed by atoms with van der Waals surface area (Å²) in [6, 6.07) is 6.56. The first-order valence-corrected chi connectivity index (χ1v) is 7.35. The molecule has 0 fully saturated rings. The predicted molar refractivity (Wildman–Crippen MR) is 84.7 cm³/mol. The molecule has 0 spiro atoms. The molecule has 2 amide bonds. The molecule has 0 aliphatic carbocycles. The van der Waals surface area contributed by atoms with E-state index in [-0.39, 0.29) is 12.6 Å². The standard InChI is InChI=1S/C15H19ClN4O2/c1-20-10-11(8-19-20)6-7-17-15(22)18-9-14(21)12-2-4-13(16)5-3-12/h2-5,8,10,14,21H,6-7,9H2,1H3,(H2,17,18,22). The van der Waals surface area contributed by atoms with E-state index in [1.807, 2.05) is 13.2 Å². The average molecular weight is 323 g/mol. The molecule has 0 bridgehead atoms. The number of hydrogen-bond donors (Lipinski definition) is 3. The van der Waals surface area contributed by atoms with E-state index in [0.717, 1.165) is 5.56 Å². The van der Waals surface area contributed by atoms with Gasteiger partial charge in [0.15, 0.2) is 0 Å². The second kappa shape index (κ2) is 7.82. The first-order chi connectivity index (χ1) is 10.5. The highest BCUT2D eigenvalue weighted by Crippen LogP contribution is 2.15. The highest BCUT2D eigenvalue weighted by atomic mass is 35.5. The summed E-state index contributed by atoms with van der Waals surface area (Å²) in [4.78, 5) is 11.7. The van der Waals surface area contributed by atoms with Crippen LogP contribution in [0.2, 0.25) is 5.02 Å². The number of benzene rings is 1. The van der Waals surface area contributed by atoms with Crippen molar-refractivity contribution in [3.05, 3.63) is 52.8 Å². The normalized spacial score (nSPS) is 12.0. The van der Waals surface area contributed by atoms with Gasteiger partial charge in [-0.2, -0.15) is 5.10 Å². The maximum Gasteiger partial charge on any atom is 0.314 e. The van der Waals surface area contributed by atoms with Crippen LogP contribution in [-0.2, 0) is 13.5 Å². The van der Waals surface area contributed by atoms with Crippen LogP contribution >= 0.6 is 11.6 Å². The van der Waals surface area contributed by atoms with Crippen molar-refractivity contribution in [1.82, 2.24) is 20.4 Å². The maximum atomic E-state index is 11.7. The number of urea groups is 1. The Morgan fingerprint density at radius 2 is 2.09 bits per heavy atom. The predicted octanol–water partition coefficient (Wildman–Crippen LogP) is 1.65. The van der Waals surface area contributed by atoms with Crippen molar-refractivity contribution >= 4 is 17.6 Å². The molecule has 22 heavy (non-hydrogen) atoms. The zero-order chi connectivity index (χ0) is 15.9. The highest BCUT2D eigenvalue weighted by Gasteiger charge is 2.09. The lowest BCUT2D eigenvalue weighted by atomic mass is 10.1. The van der Waals surface area contributed by atoms with Gasteiger partial charge in [0.05, 0.1) is 12.3 Å². The van der Waals surface area contributed by atoms with Crippen LogP contribution in [0, 0.1) is 0 Å². The Kier molecular flexibility index (Phi) is 5.80. The third-order valence-electron chi connectivity index (χ3n) is 3.17. The van der Waals surface area contributed by atoms with Gasteiger partial charge in [-0.3, -0.25) is 4.68 Å². The van der Waals surface area contributed by atoms with Crippen molar-refractivity contribution in [2.75, 3.05) is 13.1 Å². The molecule has 1 heterocycles. The summed E-state index contributed by atoms with van der Waals surface area (Å²) in [6.45, 7) is 0.648. The molecule has 0 aliphatic heterocycles. The number of aryl methyl sites for hydroxylation is 1. The largest absolute Gasteiger partial charge is 0.387 e. The number of aliphatic hydroxyl groups is 1. The SMILES string of the molecule is Cn1cc(CCNC(=O)NCC(O)c2ccc(Cl)cc2)cn1. The zero-order valence-corrected chi connectivity index (χ0v) is 13.0. The molecular weight excluding hydrogens is 304 g/mol. The van der Waals surface area contributed by atoms with Crippen molar-refractivity contribution in [3.63, 3.8) is 0 Å². The van der Waals surface area contributed by atoms with Gasteiger partial charge in [-0.25, -0.2) is 4.79 Å². The molecule has 0 saturated carbocycles. The molecule has 1 unspecified atom stereocenters. The van der Waals surface area contributed by atoms with Gasteiger partial charge in [-0.15, -0.1) is 0 Å². The minimum Gasteiger partial charge on any atom is -0.387 e. The number of carbonyl (C=O) groups excluding carboxylic acids is 1. The Morgan fingerprint density at radius 3 is 2.73 bits per heavy atom. The van der Waals surface area contributed by atoms with Crippen LogP contribution in [0.3, 0.4) is 0 Å². The van der Waals surface area contributed by atoms with Gasteiger partial charge in [0.1, 0.15) is 0 Å². The molecule has 7 heteroatoms. The van der Waals surface area contributed by atoms with Crippen molar-refractivity contribution < 1.29 is 9.90 Å². The lowest BCUT2D eigenvalue weighted by Crippen LogP contribution is -2.38. The first-order valence-electron chi connectivity index (χ1n) is 6.97. The second-order valence-electron chi connectivity index (χ2n) is 4.98. The number of nitrogens with zero attached hydrogens (tertiary/aromatic N) is 2. The number of carbonyl (C=O) groups is 1. The molecule has 118 valence electrons. The molecule has 2 rings (SSSR count).